The standard InChI is InChI=1S/C32H44ClN3O4/c1-7-9-10-11-12-13-20-36(27(37)22-34-31(39)40-32(4,5)6)29(25-18-15-17-24(8-2)21-25)30(38)35-28-23(3)16-14-19-26(28)33/h8,14-19,21,29H,2,7,9-13,20,22H2,1,3-6H3,(H,34,39)(H,35,38). The van der Waals surface area contributed by atoms with Gasteiger partial charge in [-0.25, -0.2) is 4.79 Å². The number of nitrogens with one attached hydrogen (secondary N) is 2. The third-order valence-corrected chi connectivity index (χ3v) is 6.66. The molecule has 2 rings (SSSR count). The molecule has 218 valence electrons. The lowest BCUT2D eigenvalue weighted by molar-refractivity contribution is -0.138. The van der Waals surface area contributed by atoms with Gasteiger partial charge in [0, 0.05) is 6.54 Å². The molecule has 8 heteroatoms. The van der Waals surface area contributed by atoms with Crippen LogP contribution in [-0.4, -0.2) is 41.5 Å². The van der Waals surface area contributed by atoms with E-state index in [9.17, 15) is 14.4 Å². The van der Waals surface area contributed by atoms with Crippen molar-refractivity contribution in [1.82, 2.24) is 10.2 Å². The van der Waals surface area contributed by atoms with Gasteiger partial charge in [0.05, 0.1) is 10.7 Å². The molecule has 2 aromatic carbocycles. The maximum atomic E-state index is 14.0. The first-order chi connectivity index (χ1) is 19.0. The van der Waals surface area contributed by atoms with Crippen molar-refractivity contribution in [3.05, 3.63) is 70.8 Å². The summed E-state index contributed by atoms with van der Waals surface area (Å²) in [6.07, 6.45) is 7.13. The maximum Gasteiger partial charge on any atom is 0.408 e. The van der Waals surface area contributed by atoms with Crippen LogP contribution in [0.25, 0.3) is 6.08 Å². The fourth-order valence-corrected chi connectivity index (χ4v) is 4.60. The number of nitrogens with zero attached hydrogens (tertiary/aromatic N) is 1. The molecule has 0 aromatic heterocycles. The van der Waals surface area contributed by atoms with Gasteiger partial charge >= 0.3 is 6.09 Å². The molecule has 0 bridgehead atoms. The van der Waals surface area contributed by atoms with Crippen LogP contribution in [0, 0.1) is 6.92 Å². The molecular weight excluding hydrogens is 526 g/mol. The summed E-state index contributed by atoms with van der Waals surface area (Å²) in [5, 5.41) is 5.92. The van der Waals surface area contributed by atoms with E-state index in [0.29, 0.717) is 22.8 Å². The Kier molecular flexibility index (Phi) is 13.2. The largest absolute Gasteiger partial charge is 0.444 e. The number of alkyl carbamates (subject to hydrolysis) is 1. The van der Waals surface area contributed by atoms with Gasteiger partial charge in [-0.15, -0.1) is 0 Å². The molecule has 40 heavy (non-hydrogen) atoms. The number of benzene rings is 2. The predicted octanol–water partition coefficient (Wildman–Crippen LogP) is 7.69. The first-order valence-corrected chi connectivity index (χ1v) is 14.4. The number of amides is 3. The fraction of sp³-hybridized carbons (Fsp3) is 0.469. The molecule has 0 radical (unpaired) electrons. The highest BCUT2D eigenvalue weighted by Gasteiger charge is 2.32. The minimum atomic E-state index is -0.959. The van der Waals surface area contributed by atoms with Crippen LogP contribution in [0.4, 0.5) is 10.5 Å². The first-order valence-electron chi connectivity index (χ1n) is 14.0. The van der Waals surface area contributed by atoms with Gasteiger partial charge in [-0.3, -0.25) is 9.59 Å². The average Bonchev–Trinajstić information content (AvgIpc) is 2.89. The van der Waals surface area contributed by atoms with Crippen LogP contribution in [0.2, 0.25) is 5.02 Å². The lowest BCUT2D eigenvalue weighted by Gasteiger charge is -2.32. The Hall–Kier alpha value is -3.32. The zero-order valence-corrected chi connectivity index (χ0v) is 25.3. The number of halogens is 1. The summed E-state index contributed by atoms with van der Waals surface area (Å²) in [6.45, 7) is 13.2. The SMILES string of the molecule is C=Cc1cccc(C(C(=O)Nc2c(C)cccc2Cl)N(CCCCCCCC)C(=O)CNC(=O)OC(C)(C)C)c1. The number of aryl methyl sites for hydroxylation is 1. The van der Waals surface area contributed by atoms with Crippen LogP contribution >= 0.6 is 11.6 Å². The molecule has 2 aromatic rings. The minimum Gasteiger partial charge on any atom is -0.444 e. The number of ether oxygens (including phenoxy) is 1. The van der Waals surface area contributed by atoms with Gasteiger partial charge in [0.25, 0.3) is 5.91 Å². The van der Waals surface area contributed by atoms with Crippen molar-refractivity contribution in [3.8, 4) is 0 Å². The van der Waals surface area contributed by atoms with Crippen LogP contribution in [0.1, 0.15) is 89.0 Å². The van der Waals surface area contributed by atoms with Crippen molar-refractivity contribution < 1.29 is 19.1 Å². The number of unbranched alkanes of at least 4 members (excludes halogenated alkanes) is 5. The second kappa shape index (κ2) is 16.1. The molecule has 0 heterocycles. The smallest absolute Gasteiger partial charge is 0.408 e. The number of hydrogen-bond donors (Lipinski definition) is 2. The summed E-state index contributed by atoms with van der Waals surface area (Å²) in [5.74, 6) is -0.784. The maximum absolute atomic E-state index is 14.0. The molecule has 3 amide bonds. The number of carbonyl (C=O) groups excluding carboxylic acids is 3. The van der Waals surface area contributed by atoms with Crippen LogP contribution < -0.4 is 10.6 Å². The van der Waals surface area contributed by atoms with E-state index in [4.69, 9.17) is 16.3 Å². The van der Waals surface area contributed by atoms with Gasteiger partial charge in [0.1, 0.15) is 18.2 Å². The molecule has 0 saturated heterocycles. The lowest BCUT2D eigenvalue weighted by Crippen LogP contribution is -2.47. The molecule has 0 fully saturated rings. The Morgan fingerprint density at radius 1 is 1.05 bits per heavy atom. The molecule has 0 aliphatic heterocycles. The minimum absolute atomic E-state index is 0.305. The average molecular weight is 570 g/mol. The first kappa shape index (κ1) is 32.9. The van der Waals surface area contributed by atoms with E-state index in [0.717, 1.165) is 43.2 Å². The van der Waals surface area contributed by atoms with Gasteiger partial charge in [-0.1, -0.05) is 93.6 Å². The Morgan fingerprint density at radius 2 is 1.73 bits per heavy atom. The molecule has 2 N–H and O–H groups in total. The summed E-state index contributed by atoms with van der Waals surface area (Å²) >= 11 is 6.43. The highest BCUT2D eigenvalue weighted by atomic mass is 35.5. The highest BCUT2D eigenvalue weighted by molar-refractivity contribution is 6.34. The van der Waals surface area contributed by atoms with Crippen molar-refractivity contribution in [2.45, 2.75) is 84.8 Å². The molecule has 7 nitrogen and oxygen atoms in total. The Morgan fingerprint density at radius 3 is 2.38 bits per heavy atom. The van der Waals surface area contributed by atoms with Crippen LogP contribution in [0.3, 0.4) is 0 Å². The zero-order chi connectivity index (χ0) is 29.7. The molecule has 0 aliphatic rings. The summed E-state index contributed by atoms with van der Waals surface area (Å²) in [7, 11) is 0. The van der Waals surface area contributed by atoms with E-state index in [1.807, 2.05) is 43.3 Å². The van der Waals surface area contributed by atoms with Crippen LogP contribution in [0.15, 0.2) is 49.0 Å². The quantitative estimate of drug-likeness (QED) is 0.228. The lowest BCUT2D eigenvalue weighted by atomic mass is 10.00. The van der Waals surface area contributed by atoms with Crippen molar-refractivity contribution >= 4 is 41.3 Å². The normalized spacial score (nSPS) is 11.8. The fourth-order valence-electron chi connectivity index (χ4n) is 4.33. The van der Waals surface area contributed by atoms with Crippen molar-refractivity contribution in [3.63, 3.8) is 0 Å². The topological polar surface area (TPSA) is 87.7 Å². The second-order valence-corrected chi connectivity index (χ2v) is 11.3. The van der Waals surface area contributed by atoms with Gasteiger partial charge < -0.3 is 20.3 Å². The Bertz CT molecular complexity index is 1140. The Labute approximate surface area is 244 Å². The van der Waals surface area contributed by atoms with E-state index in [1.54, 1.807) is 37.8 Å². The number of rotatable bonds is 14. The second-order valence-electron chi connectivity index (χ2n) is 10.9. The van der Waals surface area contributed by atoms with Crippen molar-refractivity contribution in [2.24, 2.45) is 0 Å². The van der Waals surface area contributed by atoms with Gasteiger partial charge in [0.15, 0.2) is 0 Å². The molecule has 1 atom stereocenters. The summed E-state index contributed by atoms with van der Waals surface area (Å²) in [4.78, 5) is 41.5. The van der Waals surface area contributed by atoms with Crippen LogP contribution in [0.5, 0.6) is 0 Å². The highest BCUT2D eigenvalue weighted by Crippen LogP contribution is 2.30. The Balaban J connectivity index is 2.41. The van der Waals surface area contributed by atoms with E-state index in [1.165, 1.54) is 6.42 Å². The third-order valence-electron chi connectivity index (χ3n) is 6.35. The third kappa shape index (κ3) is 10.7. The van der Waals surface area contributed by atoms with Crippen molar-refractivity contribution in [2.75, 3.05) is 18.4 Å². The number of carbonyl (C=O) groups is 3. The summed E-state index contributed by atoms with van der Waals surface area (Å²) < 4.78 is 5.31. The predicted molar refractivity (Wildman–Crippen MR) is 163 cm³/mol. The van der Waals surface area contributed by atoms with E-state index in [2.05, 4.69) is 24.1 Å². The van der Waals surface area contributed by atoms with E-state index in [-0.39, 0.29) is 12.5 Å². The van der Waals surface area contributed by atoms with E-state index >= 15 is 0 Å². The number of anilines is 1. The number of para-hydroxylation sites is 1. The van der Waals surface area contributed by atoms with Gasteiger partial charge in [0.2, 0.25) is 5.91 Å². The molecule has 0 aliphatic carbocycles. The van der Waals surface area contributed by atoms with Gasteiger partial charge in [-0.05, 0) is 62.9 Å². The van der Waals surface area contributed by atoms with E-state index < -0.39 is 23.6 Å². The molecule has 1 unspecified atom stereocenters. The number of hydrogen-bond acceptors (Lipinski definition) is 4. The molecule has 0 saturated carbocycles. The molecular formula is C32H44ClN3O4. The zero-order valence-electron chi connectivity index (χ0n) is 24.5. The summed E-state index contributed by atoms with van der Waals surface area (Å²) in [5.41, 5.74) is 2.06. The van der Waals surface area contributed by atoms with Gasteiger partial charge in [-0.2, -0.15) is 0 Å². The van der Waals surface area contributed by atoms with Crippen molar-refractivity contribution in [1.29, 1.82) is 0 Å². The molecule has 0 spiro atoms. The summed E-state index contributed by atoms with van der Waals surface area (Å²) in [6, 6.07) is 11.8. The van der Waals surface area contributed by atoms with Crippen LogP contribution in [-0.2, 0) is 14.3 Å². The monoisotopic (exact) mass is 569 g/mol.